The molecule has 3 atom stereocenters. The number of cyclic esters (lactones) is 1. The van der Waals surface area contributed by atoms with Gasteiger partial charge in [0.25, 0.3) is 8.32 Å². The second-order valence-corrected chi connectivity index (χ2v) is 19.6. The van der Waals surface area contributed by atoms with Crippen LogP contribution in [0.2, 0.25) is 16.6 Å². The Bertz CT molecular complexity index is 1350. The maximum absolute atomic E-state index is 14.2. The van der Waals surface area contributed by atoms with Gasteiger partial charge in [-0.25, -0.2) is 18.1 Å². The smallest absolute Gasteiger partial charge is 0.416 e. The van der Waals surface area contributed by atoms with Crippen molar-refractivity contribution in [1.29, 1.82) is 0 Å². The van der Waals surface area contributed by atoms with Gasteiger partial charge in [-0.2, -0.15) is 4.31 Å². The third kappa shape index (κ3) is 5.71. The van der Waals surface area contributed by atoms with Gasteiger partial charge in [-0.05, 0) is 52.9 Å². The average molecular weight is 637 g/mol. The number of allylic oxidation sites excluding steroid dienone is 1. The first-order valence-electron chi connectivity index (χ1n) is 14.8. The van der Waals surface area contributed by atoms with Gasteiger partial charge in [-0.3, -0.25) is 9.59 Å². The van der Waals surface area contributed by atoms with Crippen LogP contribution >= 0.6 is 0 Å². The molecule has 1 aliphatic carbocycles. The van der Waals surface area contributed by atoms with Crippen LogP contribution in [-0.4, -0.2) is 83.9 Å². The average Bonchev–Trinajstić information content (AvgIpc) is 3.61. The first kappa shape index (κ1) is 33.0. The number of esters is 1. The molecule has 2 aliphatic heterocycles. The Labute approximate surface area is 255 Å². The van der Waals surface area contributed by atoms with E-state index in [1.807, 2.05) is 0 Å². The molecule has 0 unspecified atom stereocenters. The lowest BCUT2D eigenvalue weighted by molar-refractivity contribution is -0.154. The summed E-state index contributed by atoms with van der Waals surface area (Å²) in [6.45, 7) is 13.0. The number of hydrogen-bond donors (Lipinski definition) is 0. The van der Waals surface area contributed by atoms with E-state index >= 15 is 0 Å². The lowest BCUT2D eigenvalue weighted by Gasteiger charge is -2.46. The molecule has 0 bridgehead atoms. The topological polar surface area (TPSA) is 129 Å². The van der Waals surface area contributed by atoms with Crippen molar-refractivity contribution in [3.8, 4) is 5.75 Å². The zero-order chi connectivity index (χ0) is 31.9. The largest absolute Gasteiger partial charge is 0.546 e. The SMILES string of the molecule is COC(=O)[C@@H]1CC(O[Si](C(C)C)(C(C)C)C(C)C)=C2CCN(S(=O)(=O)c3ccc(OC)cc3)[C@@H]2[C@H]1C(=O)N1CCOC1=O. The second-order valence-electron chi connectivity index (χ2n) is 12.3. The number of nitrogens with zero attached hydrogens (tertiary/aromatic N) is 2. The highest BCUT2D eigenvalue weighted by Crippen LogP contribution is 2.50. The first-order chi connectivity index (χ1) is 20.2. The fourth-order valence-corrected chi connectivity index (χ4v) is 14.3. The fraction of sp³-hybridized carbons (Fsp3) is 0.633. The lowest BCUT2D eigenvalue weighted by Crippen LogP contribution is -2.55. The number of rotatable bonds is 10. The third-order valence-electron chi connectivity index (χ3n) is 9.29. The summed E-state index contributed by atoms with van der Waals surface area (Å²) in [6, 6.07) is 4.99. The molecule has 13 heteroatoms. The number of amides is 2. The van der Waals surface area contributed by atoms with Crippen molar-refractivity contribution in [1.82, 2.24) is 9.21 Å². The van der Waals surface area contributed by atoms with Crippen LogP contribution in [0.25, 0.3) is 0 Å². The van der Waals surface area contributed by atoms with E-state index in [0.29, 0.717) is 23.5 Å². The Morgan fingerprint density at radius 2 is 1.58 bits per heavy atom. The number of fused-ring (bicyclic) bond motifs is 1. The summed E-state index contributed by atoms with van der Waals surface area (Å²) in [5.74, 6) is -2.52. The van der Waals surface area contributed by atoms with Crippen LogP contribution in [0.4, 0.5) is 4.79 Å². The molecular weight excluding hydrogens is 592 g/mol. The molecule has 0 saturated carbocycles. The molecule has 1 aromatic rings. The van der Waals surface area contributed by atoms with Crippen molar-refractivity contribution >= 4 is 36.3 Å². The number of ether oxygens (including phenoxy) is 3. The maximum atomic E-state index is 14.2. The van der Waals surface area contributed by atoms with Crippen molar-refractivity contribution in [3.05, 3.63) is 35.6 Å². The van der Waals surface area contributed by atoms with Crippen LogP contribution in [0.3, 0.4) is 0 Å². The molecule has 2 heterocycles. The zero-order valence-electron chi connectivity index (χ0n) is 26.3. The van der Waals surface area contributed by atoms with Gasteiger partial charge in [-0.15, -0.1) is 0 Å². The number of methoxy groups -OCH3 is 2. The highest BCUT2D eigenvalue weighted by atomic mass is 32.2. The summed E-state index contributed by atoms with van der Waals surface area (Å²) < 4.78 is 52.3. The molecule has 0 radical (unpaired) electrons. The van der Waals surface area contributed by atoms with Crippen LogP contribution < -0.4 is 4.74 Å². The normalized spacial score (nSPS) is 23.2. The summed E-state index contributed by atoms with van der Waals surface area (Å²) in [5.41, 5.74) is 1.33. The summed E-state index contributed by atoms with van der Waals surface area (Å²) in [7, 11) is -3.96. The van der Waals surface area contributed by atoms with E-state index in [1.165, 1.54) is 30.7 Å². The number of carbonyl (C=O) groups is 3. The van der Waals surface area contributed by atoms with Crippen LogP contribution in [0.5, 0.6) is 5.75 Å². The Hall–Kier alpha value is -2.90. The molecule has 0 spiro atoms. The van der Waals surface area contributed by atoms with Gasteiger partial charge in [0.1, 0.15) is 12.4 Å². The Morgan fingerprint density at radius 3 is 2.07 bits per heavy atom. The minimum absolute atomic E-state index is 0.0203. The number of sulfonamides is 1. The van der Waals surface area contributed by atoms with Crippen molar-refractivity contribution in [3.63, 3.8) is 0 Å². The Balaban J connectivity index is 1.92. The highest BCUT2D eigenvalue weighted by Gasteiger charge is 2.57. The monoisotopic (exact) mass is 636 g/mol. The van der Waals surface area contributed by atoms with Crippen LogP contribution in [0.15, 0.2) is 40.5 Å². The van der Waals surface area contributed by atoms with Crippen molar-refractivity contribution < 1.29 is 41.4 Å². The second kappa shape index (κ2) is 12.6. The standard InChI is InChI=1S/C30H44N2O9SSi/c1-18(2)43(19(3)4,20(5)6)41-25-17-24(29(34)39-8)26(28(33)31-15-16-40-30(31)35)27-23(25)13-14-32(27)42(36,37)22-11-9-21(38-7)10-12-22/h9-12,18-20,24,26-27H,13-17H2,1-8H3/t24-,26+,27+/m1/s1. The van der Waals surface area contributed by atoms with Gasteiger partial charge in [0.15, 0.2) is 0 Å². The quantitative estimate of drug-likeness (QED) is 0.265. The van der Waals surface area contributed by atoms with Crippen LogP contribution in [0.1, 0.15) is 54.4 Å². The van der Waals surface area contributed by atoms with Crippen LogP contribution in [0, 0.1) is 11.8 Å². The molecule has 43 heavy (non-hydrogen) atoms. The summed E-state index contributed by atoms with van der Waals surface area (Å²) in [4.78, 5) is 41.1. The molecule has 2 amide bonds. The predicted octanol–water partition coefficient (Wildman–Crippen LogP) is 4.69. The van der Waals surface area contributed by atoms with E-state index in [2.05, 4.69) is 41.5 Å². The van der Waals surface area contributed by atoms with E-state index in [4.69, 9.17) is 18.6 Å². The van der Waals surface area contributed by atoms with Crippen molar-refractivity contribution in [2.24, 2.45) is 11.8 Å². The minimum atomic E-state index is -4.15. The van der Waals surface area contributed by atoms with Gasteiger partial charge in [0, 0.05) is 13.0 Å². The molecular formula is C30H44N2O9SSi. The number of imide groups is 1. The number of hydrogen-bond acceptors (Lipinski definition) is 9. The first-order valence-corrected chi connectivity index (χ1v) is 18.4. The number of benzene rings is 1. The molecule has 1 aromatic carbocycles. The molecule has 11 nitrogen and oxygen atoms in total. The van der Waals surface area contributed by atoms with Crippen molar-refractivity contribution in [2.75, 3.05) is 33.9 Å². The van der Waals surface area contributed by atoms with Gasteiger partial charge >= 0.3 is 12.1 Å². The lowest BCUT2D eigenvalue weighted by atomic mass is 9.74. The van der Waals surface area contributed by atoms with Crippen LogP contribution in [-0.2, 0) is 33.5 Å². The van der Waals surface area contributed by atoms with Gasteiger partial charge in [0.2, 0.25) is 15.9 Å². The van der Waals surface area contributed by atoms with E-state index in [-0.39, 0.29) is 47.6 Å². The van der Waals surface area contributed by atoms with Gasteiger partial charge in [-0.1, -0.05) is 41.5 Å². The Kier molecular flexibility index (Phi) is 9.67. The molecule has 4 rings (SSSR count). The van der Waals surface area contributed by atoms with Gasteiger partial charge in [0.05, 0.1) is 49.3 Å². The van der Waals surface area contributed by atoms with E-state index in [0.717, 1.165) is 4.90 Å². The predicted molar refractivity (Wildman–Crippen MR) is 161 cm³/mol. The summed E-state index contributed by atoms with van der Waals surface area (Å²) >= 11 is 0. The number of carbonyl (C=O) groups excluding carboxylic acids is 3. The highest BCUT2D eigenvalue weighted by molar-refractivity contribution is 7.89. The van der Waals surface area contributed by atoms with E-state index < -0.39 is 54.2 Å². The Morgan fingerprint density at radius 1 is 0.977 bits per heavy atom. The zero-order valence-corrected chi connectivity index (χ0v) is 28.1. The molecule has 238 valence electrons. The molecule has 0 aromatic heterocycles. The minimum Gasteiger partial charge on any atom is -0.546 e. The third-order valence-corrected chi connectivity index (χ3v) is 17.2. The summed E-state index contributed by atoms with van der Waals surface area (Å²) in [6.07, 6.45) is -0.402. The van der Waals surface area contributed by atoms with Gasteiger partial charge < -0.3 is 18.6 Å². The summed E-state index contributed by atoms with van der Waals surface area (Å²) in [5, 5.41) is 0. The van der Waals surface area contributed by atoms with Crippen molar-refractivity contribution in [2.45, 2.75) is 81.9 Å². The molecule has 0 N–H and O–H groups in total. The van der Waals surface area contributed by atoms with E-state index in [1.54, 1.807) is 12.1 Å². The molecule has 3 aliphatic rings. The maximum Gasteiger partial charge on any atom is 0.416 e. The van der Waals surface area contributed by atoms with E-state index in [9.17, 15) is 22.8 Å². The molecule has 2 fully saturated rings. The molecule has 2 saturated heterocycles. The fourth-order valence-electron chi connectivity index (χ4n) is 7.36.